The molecular formula is C20H25F3N2O2. The van der Waals surface area contributed by atoms with Gasteiger partial charge in [0.05, 0.1) is 5.92 Å². The quantitative estimate of drug-likeness (QED) is 0.858. The molecule has 1 N–H and O–H groups in total. The molecule has 1 aliphatic carbocycles. The zero-order valence-electron chi connectivity index (χ0n) is 15.2. The summed E-state index contributed by atoms with van der Waals surface area (Å²) >= 11 is 0. The molecule has 2 atom stereocenters. The van der Waals surface area contributed by atoms with Crippen molar-refractivity contribution >= 4 is 11.8 Å². The highest BCUT2D eigenvalue weighted by atomic mass is 19.4. The fourth-order valence-corrected chi connectivity index (χ4v) is 4.07. The van der Waals surface area contributed by atoms with Crippen LogP contribution in [0, 0.1) is 11.8 Å². The number of rotatable bonds is 4. The Morgan fingerprint density at radius 3 is 2.48 bits per heavy atom. The van der Waals surface area contributed by atoms with Gasteiger partial charge in [-0.25, -0.2) is 0 Å². The van der Waals surface area contributed by atoms with Crippen molar-refractivity contribution in [1.82, 2.24) is 10.2 Å². The van der Waals surface area contributed by atoms with E-state index in [0.717, 1.165) is 25.9 Å². The van der Waals surface area contributed by atoms with Gasteiger partial charge in [0, 0.05) is 31.1 Å². The van der Waals surface area contributed by atoms with E-state index in [1.54, 1.807) is 29.2 Å². The Labute approximate surface area is 157 Å². The number of carbonyl (C=O) groups is 2. The third-order valence-corrected chi connectivity index (χ3v) is 5.56. The first-order valence-corrected chi connectivity index (χ1v) is 9.59. The second-order valence-electron chi connectivity index (χ2n) is 7.46. The van der Waals surface area contributed by atoms with Crippen molar-refractivity contribution in [3.8, 4) is 0 Å². The van der Waals surface area contributed by atoms with Gasteiger partial charge in [-0.05, 0) is 43.4 Å². The maximum Gasteiger partial charge on any atom is 0.392 e. The van der Waals surface area contributed by atoms with E-state index in [2.05, 4.69) is 5.32 Å². The number of nitrogens with one attached hydrogen (secondary N) is 1. The molecule has 27 heavy (non-hydrogen) atoms. The second kappa shape index (κ2) is 8.31. The summed E-state index contributed by atoms with van der Waals surface area (Å²) in [7, 11) is 0. The van der Waals surface area contributed by atoms with Crippen LogP contribution < -0.4 is 5.32 Å². The summed E-state index contributed by atoms with van der Waals surface area (Å²) in [6, 6.07) is 6.95. The fourth-order valence-electron chi connectivity index (χ4n) is 4.07. The third-order valence-electron chi connectivity index (χ3n) is 5.56. The maximum atomic E-state index is 13.2. The van der Waals surface area contributed by atoms with Gasteiger partial charge in [0.25, 0.3) is 5.91 Å². The molecule has 7 heteroatoms. The van der Waals surface area contributed by atoms with Crippen molar-refractivity contribution in [1.29, 1.82) is 0 Å². The number of likely N-dealkylation sites (tertiary alicyclic amines) is 1. The van der Waals surface area contributed by atoms with Gasteiger partial charge >= 0.3 is 6.18 Å². The molecule has 1 saturated carbocycles. The van der Waals surface area contributed by atoms with E-state index < -0.39 is 23.9 Å². The van der Waals surface area contributed by atoms with Gasteiger partial charge in [0.2, 0.25) is 5.91 Å². The van der Waals surface area contributed by atoms with Crippen LogP contribution in [-0.2, 0) is 11.3 Å². The van der Waals surface area contributed by atoms with E-state index in [9.17, 15) is 22.8 Å². The smallest absolute Gasteiger partial charge is 0.352 e. The van der Waals surface area contributed by atoms with Crippen molar-refractivity contribution in [2.75, 3.05) is 13.1 Å². The molecule has 4 nitrogen and oxygen atoms in total. The molecular weight excluding hydrogens is 357 g/mol. The molecule has 1 aromatic carbocycles. The first kappa shape index (κ1) is 19.7. The Morgan fingerprint density at radius 1 is 1.07 bits per heavy atom. The van der Waals surface area contributed by atoms with Gasteiger partial charge in [-0.15, -0.1) is 0 Å². The van der Waals surface area contributed by atoms with Crippen LogP contribution in [0.25, 0.3) is 0 Å². The third kappa shape index (κ3) is 4.82. The molecule has 1 heterocycles. The number of alkyl halides is 3. The molecule has 2 fully saturated rings. The molecule has 2 unspecified atom stereocenters. The Kier molecular flexibility index (Phi) is 6.07. The Bertz CT molecular complexity index is 684. The van der Waals surface area contributed by atoms with Crippen LogP contribution in [-0.4, -0.2) is 36.0 Å². The molecule has 0 aromatic heterocycles. The highest BCUT2D eigenvalue weighted by Crippen LogP contribution is 2.41. The largest absolute Gasteiger partial charge is 0.392 e. The van der Waals surface area contributed by atoms with Crippen molar-refractivity contribution in [2.45, 2.75) is 51.2 Å². The molecule has 148 valence electrons. The highest BCUT2D eigenvalue weighted by Gasteiger charge is 2.47. The number of nitrogens with zero attached hydrogens (tertiary/aromatic N) is 1. The average molecular weight is 382 g/mol. The van der Waals surface area contributed by atoms with Crippen LogP contribution in [0.4, 0.5) is 13.2 Å². The average Bonchev–Trinajstić information content (AvgIpc) is 3.20. The summed E-state index contributed by atoms with van der Waals surface area (Å²) in [6.45, 7) is 1.63. The highest BCUT2D eigenvalue weighted by molar-refractivity contribution is 5.94. The summed E-state index contributed by atoms with van der Waals surface area (Å²) in [4.78, 5) is 26.6. The fraction of sp³-hybridized carbons (Fsp3) is 0.600. The van der Waals surface area contributed by atoms with Crippen molar-refractivity contribution in [2.24, 2.45) is 11.8 Å². The molecule has 1 saturated heterocycles. The topological polar surface area (TPSA) is 49.4 Å². The number of hydrogen-bond donors (Lipinski definition) is 1. The number of carbonyl (C=O) groups excluding carboxylic acids is 2. The minimum absolute atomic E-state index is 0.0153. The first-order chi connectivity index (χ1) is 12.9. The van der Waals surface area contributed by atoms with Gasteiger partial charge in [-0.2, -0.15) is 13.2 Å². The van der Waals surface area contributed by atoms with Gasteiger partial charge in [-0.3, -0.25) is 9.59 Å². The number of halogens is 3. The van der Waals surface area contributed by atoms with Gasteiger partial charge in [0.15, 0.2) is 0 Å². The lowest BCUT2D eigenvalue weighted by atomic mass is 9.78. The predicted molar refractivity (Wildman–Crippen MR) is 94.9 cm³/mol. The van der Waals surface area contributed by atoms with Crippen LogP contribution in [0.3, 0.4) is 0 Å². The second-order valence-corrected chi connectivity index (χ2v) is 7.46. The van der Waals surface area contributed by atoms with E-state index in [1.807, 2.05) is 0 Å². The molecule has 0 radical (unpaired) electrons. The van der Waals surface area contributed by atoms with E-state index in [4.69, 9.17) is 0 Å². The van der Waals surface area contributed by atoms with E-state index >= 15 is 0 Å². The number of benzene rings is 1. The molecule has 2 amide bonds. The first-order valence-electron chi connectivity index (χ1n) is 9.59. The molecule has 1 aliphatic heterocycles. The minimum Gasteiger partial charge on any atom is -0.352 e. The lowest BCUT2D eigenvalue weighted by molar-refractivity contribution is -0.198. The van der Waals surface area contributed by atoms with Gasteiger partial charge in [0.1, 0.15) is 0 Å². The zero-order chi connectivity index (χ0) is 19.4. The van der Waals surface area contributed by atoms with Gasteiger partial charge in [-0.1, -0.05) is 25.0 Å². The lowest BCUT2D eigenvalue weighted by Gasteiger charge is -2.32. The Morgan fingerprint density at radius 2 is 1.78 bits per heavy atom. The molecule has 0 spiro atoms. The minimum atomic E-state index is -4.34. The van der Waals surface area contributed by atoms with E-state index in [-0.39, 0.29) is 25.3 Å². The molecule has 2 aliphatic rings. The summed E-state index contributed by atoms with van der Waals surface area (Å²) < 4.78 is 39.5. The summed E-state index contributed by atoms with van der Waals surface area (Å²) in [5.41, 5.74) is 1.27. The number of hydrogen-bond acceptors (Lipinski definition) is 2. The summed E-state index contributed by atoms with van der Waals surface area (Å²) in [5.74, 6) is -3.17. The van der Waals surface area contributed by atoms with Crippen LogP contribution in [0.5, 0.6) is 0 Å². The van der Waals surface area contributed by atoms with Crippen molar-refractivity contribution in [3.05, 3.63) is 35.4 Å². The standard InChI is InChI=1S/C20H25F3N2O2/c21-20(22,23)17-9-2-1-8-16(17)18(26)24-13-14-6-5-7-15(12-14)19(27)25-10-3-4-11-25/h5-7,12,16-17H,1-4,8-11,13H2,(H,24,26). The van der Waals surface area contributed by atoms with Crippen LogP contribution in [0.2, 0.25) is 0 Å². The van der Waals surface area contributed by atoms with Crippen molar-refractivity contribution < 1.29 is 22.8 Å². The zero-order valence-corrected chi connectivity index (χ0v) is 15.2. The normalized spacial score (nSPS) is 23.3. The van der Waals surface area contributed by atoms with Crippen LogP contribution in [0.15, 0.2) is 24.3 Å². The monoisotopic (exact) mass is 382 g/mol. The summed E-state index contributed by atoms with van der Waals surface area (Å²) in [5, 5.41) is 2.64. The predicted octanol–water partition coefficient (Wildman–Crippen LogP) is 3.91. The van der Waals surface area contributed by atoms with E-state index in [0.29, 0.717) is 24.0 Å². The SMILES string of the molecule is O=C(NCc1cccc(C(=O)N2CCCC2)c1)C1CCCCC1C(F)(F)F. The van der Waals surface area contributed by atoms with Crippen LogP contribution in [0.1, 0.15) is 54.4 Å². The summed E-state index contributed by atoms with van der Waals surface area (Å²) in [6.07, 6.45) is -0.902. The van der Waals surface area contributed by atoms with Crippen molar-refractivity contribution in [3.63, 3.8) is 0 Å². The van der Waals surface area contributed by atoms with Gasteiger partial charge < -0.3 is 10.2 Å². The lowest BCUT2D eigenvalue weighted by Crippen LogP contribution is -2.42. The Balaban J connectivity index is 1.61. The molecule has 3 rings (SSSR count). The molecule has 1 aromatic rings. The van der Waals surface area contributed by atoms with E-state index in [1.165, 1.54) is 0 Å². The maximum absolute atomic E-state index is 13.2. The number of amides is 2. The molecule has 0 bridgehead atoms. The Hall–Kier alpha value is -2.05. The van der Waals surface area contributed by atoms with Crippen LogP contribution >= 0.6 is 0 Å².